The van der Waals surface area contributed by atoms with Gasteiger partial charge in [0.05, 0.1) is 0 Å². The predicted octanol–water partition coefficient (Wildman–Crippen LogP) is 3.77. The van der Waals surface area contributed by atoms with E-state index >= 15 is 0 Å². The average Bonchev–Trinajstić information content (AvgIpc) is 2.97. The Hall–Kier alpha value is -0.0800. The molecular weight excluding hydrogens is 220 g/mol. The van der Waals surface area contributed by atoms with E-state index in [1.807, 2.05) is 27.7 Å². The first-order chi connectivity index (χ1) is 8.88. The van der Waals surface area contributed by atoms with Gasteiger partial charge in [0.2, 0.25) is 0 Å². The summed E-state index contributed by atoms with van der Waals surface area (Å²) in [7, 11) is 0. The van der Waals surface area contributed by atoms with Crippen molar-refractivity contribution >= 4 is 0 Å². The molecule has 0 radical (unpaired) electrons. The number of hydrogen-bond acceptors (Lipinski definition) is 2. The summed E-state index contributed by atoms with van der Waals surface area (Å²) in [5, 5.41) is 3.46. The van der Waals surface area contributed by atoms with Crippen molar-refractivity contribution in [3.05, 3.63) is 0 Å². The minimum Gasteiger partial charge on any atom is -0.316 e. The first kappa shape index (κ1) is 17.9. The van der Waals surface area contributed by atoms with Crippen molar-refractivity contribution in [3.8, 4) is 0 Å². The first-order valence-corrected chi connectivity index (χ1v) is 8.31. The summed E-state index contributed by atoms with van der Waals surface area (Å²) in [6.07, 6.45) is 5.67. The third-order valence-electron chi connectivity index (χ3n) is 3.96. The quantitative estimate of drug-likeness (QED) is 0.827. The largest absolute Gasteiger partial charge is 0.316 e. The maximum absolute atomic E-state index is 3.46. The molecule has 110 valence electrons. The van der Waals surface area contributed by atoms with Crippen LogP contribution in [-0.4, -0.2) is 37.6 Å². The lowest BCUT2D eigenvalue weighted by atomic mass is 9.94. The standard InChI is InChI=1S/C12H24N2.2C2H6/c1-2-11-4-7-14(8-5-11)10-12-3-6-13-9-12;2*1-2/h11-13H,2-10H2,1H3;2*1-2H3/t12-;;/m0../s1. The van der Waals surface area contributed by atoms with Gasteiger partial charge in [0.15, 0.2) is 0 Å². The van der Waals surface area contributed by atoms with Gasteiger partial charge >= 0.3 is 0 Å². The Balaban J connectivity index is 0.000000659. The zero-order valence-corrected chi connectivity index (χ0v) is 13.5. The van der Waals surface area contributed by atoms with Crippen LogP contribution in [0.25, 0.3) is 0 Å². The van der Waals surface area contributed by atoms with E-state index < -0.39 is 0 Å². The van der Waals surface area contributed by atoms with Crippen LogP contribution in [0.15, 0.2) is 0 Å². The van der Waals surface area contributed by atoms with E-state index in [2.05, 4.69) is 17.1 Å². The minimum atomic E-state index is 0.938. The summed E-state index contributed by atoms with van der Waals surface area (Å²) in [6, 6.07) is 0. The lowest BCUT2D eigenvalue weighted by Crippen LogP contribution is -2.37. The van der Waals surface area contributed by atoms with Gasteiger partial charge in [0.25, 0.3) is 0 Å². The summed E-state index contributed by atoms with van der Waals surface area (Å²) in [5.41, 5.74) is 0. The van der Waals surface area contributed by atoms with Crippen LogP contribution >= 0.6 is 0 Å². The van der Waals surface area contributed by atoms with Crippen LogP contribution in [0, 0.1) is 11.8 Å². The molecule has 2 fully saturated rings. The molecule has 0 aromatic rings. The van der Waals surface area contributed by atoms with E-state index in [0.717, 1.165) is 11.8 Å². The second-order valence-electron chi connectivity index (χ2n) is 5.01. The third kappa shape index (κ3) is 6.75. The van der Waals surface area contributed by atoms with Crippen LogP contribution in [-0.2, 0) is 0 Å². The minimum absolute atomic E-state index is 0.938. The Labute approximate surface area is 116 Å². The highest BCUT2D eigenvalue weighted by Crippen LogP contribution is 2.21. The zero-order valence-electron chi connectivity index (χ0n) is 13.5. The number of piperidine rings is 1. The Morgan fingerprint density at radius 1 is 0.944 bits per heavy atom. The molecule has 0 amide bonds. The Morgan fingerprint density at radius 2 is 1.56 bits per heavy atom. The molecule has 2 heteroatoms. The van der Waals surface area contributed by atoms with Gasteiger partial charge in [-0.3, -0.25) is 0 Å². The van der Waals surface area contributed by atoms with Gasteiger partial charge in [0, 0.05) is 6.54 Å². The van der Waals surface area contributed by atoms with E-state index in [4.69, 9.17) is 0 Å². The number of likely N-dealkylation sites (tertiary alicyclic amines) is 1. The number of nitrogens with zero attached hydrogens (tertiary/aromatic N) is 1. The molecule has 2 heterocycles. The molecule has 0 spiro atoms. The fourth-order valence-corrected chi connectivity index (χ4v) is 2.81. The number of hydrogen-bond donors (Lipinski definition) is 1. The maximum atomic E-state index is 3.46. The highest BCUT2D eigenvalue weighted by molar-refractivity contribution is 4.78. The van der Waals surface area contributed by atoms with Crippen molar-refractivity contribution < 1.29 is 0 Å². The molecule has 0 aromatic carbocycles. The molecule has 0 saturated carbocycles. The monoisotopic (exact) mass is 256 g/mol. The molecule has 1 N–H and O–H groups in total. The molecule has 2 saturated heterocycles. The van der Waals surface area contributed by atoms with E-state index in [1.165, 1.54) is 58.4 Å². The van der Waals surface area contributed by atoms with Crippen LogP contribution in [0.1, 0.15) is 60.3 Å². The van der Waals surface area contributed by atoms with E-state index in [-0.39, 0.29) is 0 Å². The highest BCUT2D eigenvalue weighted by Gasteiger charge is 2.22. The van der Waals surface area contributed by atoms with Crippen LogP contribution in [0.2, 0.25) is 0 Å². The van der Waals surface area contributed by atoms with Gasteiger partial charge in [-0.25, -0.2) is 0 Å². The lowest BCUT2D eigenvalue weighted by molar-refractivity contribution is 0.162. The summed E-state index contributed by atoms with van der Waals surface area (Å²) >= 11 is 0. The first-order valence-electron chi connectivity index (χ1n) is 8.31. The molecule has 0 aliphatic carbocycles. The molecule has 18 heavy (non-hydrogen) atoms. The normalized spacial score (nSPS) is 24.8. The summed E-state index contributed by atoms with van der Waals surface area (Å²) in [4.78, 5) is 2.68. The topological polar surface area (TPSA) is 15.3 Å². The Kier molecular flexibility index (Phi) is 11.9. The molecule has 0 unspecified atom stereocenters. The number of rotatable bonds is 3. The molecular formula is C16H36N2. The van der Waals surface area contributed by atoms with Crippen LogP contribution in [0.4, 0.5) is 0 Å². The van der Waals surface area contributed by atoms with Crippen molar-refractivity contribution in [3.63, 3.8) is 0 Å². The van der Waals surface area contributed by atoms with E-state index in [1.54, 1.807) is 0 Å². The number of nitrogens with one attached hydrogen (secondary N) is 1. The van der Waals surface area contributed by atoms with Crippen LogP contribution in [0.5, 0.6) is 0 Å². The fourth-order valence-electron chi connectivity index (χ4n) is 2.81. The lowest BCUT2D eigenvalue weighted by Gasteiger charge is -2.32. The summed E-state index contributed by atoms with van der Waals surface area (Å²) in [5.74, 6) is 1.96. The van der Waals surface area contributed by atoms with Gasteiger partial charge in [-0.05, 0) is 57.3 Å². The summed E-state index contributed by atoms with van der Waals surface area (Å²) in [6.45, 7) is 16.9. The second-order valence-corrected chi connectivity index (χ2v) is 5.01. The molecule has 2 aliphatic heterocycles. The fraction of sp³-hybridized carbons (Fsp3) is 1.00. The van der Waals surface area contributed by atoms with Crippen LogP contribution < -0.4 is 5.32 Å². The van der Waals surface area contributed by atoms with Gasteiger partial charge in [-0.1, -0.05) is 41.0 Å². The van der Waals surface area contributed by atoms with E-state index in [9.17, 15) is 0 Å². The predicted molar refractivity (Wildman–Crippen MR) is 83.1 cm³/mol. The van der Waals surface area contributed by atoms with Crippen molar-refractivity contribution in [1.82, 2.24) is 10.2 Å². The van der Waals surface area contributed by atoms with Crippen molar-refractivity contribution in [2.75, 3.05) is 32.7 Å². The van der Waals surface area contributed by atoms with Gasteiger partial charge in [0.1, 0.15) is 0 Å². The third-order valence-corrected chi connectivity index (χ3v) is 3.96. The van der Waals surface area contributed by atoms with Gasteiger partial charge in [-0.2, -0.15) is 0 Å². The summed E-state index contributed by atoms with van der Waals surface area (Å²) < 4.78 is 0. The molecule has 2 aliphatic rings. The second kappa shape index (κ2) is 12.0. The SMILES string of the molecule is CC.CC.CCC1CCN(C[C@H]2CCNC2)CC1. The molecule has 2 rings (SSSR count). The van der Waals surface area contributed by atoms with Crippen molar-refractivity contribution in [2.24, 2.45) is 11.8 Å². The molecule has 0 aromatic heterocycles. The molecule has 2 nitrogen and oxygen atoms in total. The zero-order chi connectivity index (χ0) is 13.8. The molecule has 1 atom stereocenters. The maximum Gasteiger partial charge on any atom is 0.00223 e. The van der Waals surface area contributed by atoms with E-state index in [0.29, 0.717) is 0 Å². The van der Waals surface area contributed by atoms with Gasteiger partial charge in [-0.15, -0.1) is 0 Å². The Bertz CT molecular complexity index is 156. The van der Waals surface area contributed by atoms with Crippen molar-refractivity contribution in [1.29, 1.82) is 0 Å². The van der Waals surface area contributed by atoms with Crippen molar-refractivity contribution in [2.45, 2.75) is 60.3 Å². The smallest absolute Gasteiger partial charge is 0.00223 e. The van der Waals surface area contributed by atoms with Gasteiger partial charge < -0.3 is 10.2 Å². The molecule has 0 bridgehead atoms. The Morgan fingerprint density at radius 3 is 2.00 bits per heavy atom. The van der Waals surface area contributed by atoms with Crippen LogP contribution in [0.3, 0.4) is 0 Å². The highest BCUT2D eigenvalue weighted by atomic mass is 15.1. The average molecular weight is 256 g/mol.